The van der Waals surface area contributed by atoms with Crippen LogP contribution in [0.25, 0.3) is 0 Å². The van der Waals surface area contributed by atoms with Gasteiger partial charge in [0.25, 0.3) is 0 Å². The molecule has 1 aliphatic carbocycles. The average Bonchev–Trinajstić information content (AvgIpc) is 2.25. The molecule has 3 nitrogen and oxygen atoms in total. The Labute approximate surface area is 100 Å². The van der Waals surface area contributed by atoms with Gasteiger partial charge >= 0.3 is 0 Å². The summed E-state index contributed by atoms with van der Waals surface area (Å²) < 4.78 is 5.71. The molecule has 1 saturated carbocycles. The lowest BCUT2D eigenvalue weighted by atomic mass is 9.54. The fraction of sp³-hybridized carbons (Fsp3) is 1.00. The van der Waals surface area contributed by atoms with Crippen molar-refractivity contribution in [1.29, 1.82) is 0 Å². The largest absolute Gasteiger partial charge is 0.378 e. The molecule has 0 aromatic heterocycles. The second-order valence-electron chi connectivity index (χ2n) is 5.72. The molecule has 0 bridgehead atoms. The van der Waals surface area contributed by atoms with Gasteiger partial charge in [0.15, 0.2) is 0 Å². The smallest absolute Gasteiger partial charge is 0.0662 e. The van der Waals surface area contributed by atoms with Crippen LogP contribution in [0.2, 0.25) is 0 Å². The molecule has 1 fully saturated rings. The minimum atomic E-state index is -0.115. The first-order valence-electron chi connectivity index (χ1n) is 6.51. The van der Waals surface area contributed by atoms with Gasteiger partial charge in [0.05, 0.1) is 6.10 Å². The minimum Gasteiger partial charge on any atom is -0.378 e. The third kappa shape index (κ3) is 2.41. The Bertz CT molecular complexity index is 230. The molecule has 1 rings (SSSR count). The van der Waals surface area contributed by atoms with Crippen molar-refractivity contribution in [1.82, 2.24) is 5.32 Å². The molecule has 0 saturated heterocycles. The minimum absolute atomic E-state index is 0.0729. The van der Waals surface area contributed by atoms with Crippen LogP contribution in [0.4, 0.5) is 0 Å². The van der Waals surface area contributed by atoms with Crippen LogP contribution in [0.1, 0.15) is 47.5 Å². The first kappa shape index (κ1) is 13.9. The van der Waals surface area contributed by atoms with Crippen molar-refractivity contribution in [2.75, 3.05) is 13.2 Å². The molecule has 3 heteroatoms. The van der Waals surface area contributed by atoms with E-state index in [1.807, 2.05) is 6.92 Å². The molecule has 0 spiro atoms. The molecule has 3 unspecified atom stereocenters. The number of hydrogen-bond donors (Lipinski definition) is 2. The Balaban J connectivity index is 2.48. The molecule has 96 valence electrons. The lowest BCUT2D eigenvalue weighted by Crippen LogP contribution is -2.73. The zero-order valence-electron chi connectivity index (χ0n) is 11.5. The van der Waals surface area contributed by atoms with Crippen molar-refractivity contribution >= 4 is 0 Å². The molecular formula is C13H28N2O. The van der Waals surface area contributed by atoms with Gasteiger partial charge in [0, 0.05) is 30.1 Å². The van der Waals surface area contributed by atoms with Gasteiger partial charge in [0.1, 0.15) is 0 Å². The molecule has 16 heavy (non-hydrogen) atoms. The van der Waals surface area contributed by atoms with Crippen molar-refractivity contribution in [3.63, 3.8) is 0 Å². The zero-order chi connectivity index (χ0) is 12.4. The monoisotopic (exact) mass is 228 g/mol. The van der Waals surface area contributed by atoms with Crippen LogP contribution in [0.3, 0.4) is 0 Å². The molecule has 1 aliphatic rings. The van der Waals surface area contributed by atoms with E-state index in [0.717, 1.165) is 26.0 Å². The summed E-state index contributed by atoms with van der Waals surface area (Å²) in [6, 6.07) is 0.544. The van der Waals surface area contributed by atoms with Crippen LogP contribution in [-0.2, 0) is 4.74 Å². The Kier molecular flexibility index (Phi) is 4.38. The molecule has 3 N–H and O–H groups in total. The van der Waals surface area contributed by atoms with E-state index in [0.29, 0.717) is 12.1 Å². The van der Waals surface area contributed by atoms with Crippen molar-refractivity contribution in [3.8, 4) is 0 Å². The summed E-state index contributed by atoms with van der Waals surface area (Å²) >= 11 is 0. The lowest BCUT2D eigenvalue weighted by Gasteiger charge is -2.59. The number of rotatable bonds is 6. The van der Waals surface area contributed by atoms with E-state index in [4.69, 9.17) is 10.5 Å². The Morgan fingerprint density at radius 2 is 2.06 bits per heavy atom. The summed E-state index contributed by atoms with van der Waals surface area (Å²) in [5, 5.41) is 3.51. The zero-order valence-corrected chi connectivity index (χ0v) is 11.5. The predicted octanol–water partition coefficient (Wildman–Crippen LogP) is 1.91. The first-order chi connectivity index (χ1) is 7.37. The first-order valence-corrected chi connectivity index (χ1v) is 6.51. The van der Waals surface area contributed by atoms with E-state index in [1.165, 1.54) is 0 Å². The number of hydrogen-bond acceptors (Lipinski definition) is 3. The van der Waals surface area contributed by atoms with Gasteiger partial charge in [-0.2, -0.15) is 0 Å². The summed E-state index contributed by atoms with van der Waals surface area (Å²) in [5.41, 5.74) is 6.42. The molecule has 0 amide bonds. The highest BCUT2D eigenvalue weighted by molar-refractivity contribution is 5.14. The number of nitrogens with two attached hydrogens (primary N) is 1. The van der Waals surface area contributed by atoms with Crippen LogP contribution < -0.4 is 11.1 Å². The van der Waals surface area contributed by atoms with Crippen LogP contribution >= 0.6 is 0 Å². The predicted molar refractivity (Wildman–Crippen MR) is 68.5 cm³/mol. The van der Waals surface area contributed by atoms with Crippen molar-refractivity contribution < 1.29 is 4.74 Å². The summed E-state index contributed by atoms with van der Waals surface area (Å²) in [6.07, 6.45) is 2.43. The van der Waals surface area contributed by atoms with Crippen molar-refractivity contribution in [2.24, 2.45) is 11.1 Å². The van der Waals surface area contributed by atoms with Crippen LogP contribution in [0.15, 0.2) is 0 Å². The normalized spacial score (nSPS) is 34.5. The van der Waals surface area contributed by atoms with Gasteiger partial charge < -0.3 is 15.8 Å². The third-order valence-electron chi connectivity index (χ3n) is 4.38. The average molecular weight is 228 g/mol. The highest BCUT2D eigenvalue weighted by atomic mass is 16.5. The third-order valence-corrected chi connectivity index (χ3v) is 4.38. The van der Waals surface area contributed by atoms with Gasteiger partial charge in [-0.1, -0.05) is 20.8 Å². The van der Waals surface area contributed by atoms with Crippen LogP contribution in [-0.4, -0.2) is 30.8 Å². The second kappa shape index (κ2) is 5.03. The van der Waals surface area contributed by atoms with E-state index in [2.05, 4.69) is 33.0 Å². The van der Waals surface area contributed by atoms with Crippen molar-refractivity contribution in [2.45, 2.75) is 65.1 Å². The second-order valence-corrected chi connectivity index (χ2v) is 5.72. The Morgan fingerprint density at radius 1 is 1.44 bits per heavy atom. The maximum atomic E-state index is 6.46. The number of nitrogens with one attached hydrogen (secondary N) is 1. The van der Waals surface area contributed by atoms with Crippen LogP contribution in [0, 0.1) is 5.41 Å². The highest BCUT2D eigenvalue weighted by Gasteiger charge is 2.58. The van der Waals surface area contributed by atoms with Crippen LogP contribution in [0.5, 0.6) is 0 Å². The van der Waals surface area contributed by atoms with E-state index in [1.54, 1.807) is 0 Å². The SMILES string of the molecule is CCOC1CC(N)(CNC(C)CC)C1(C)C. The maximum absolute atomic E-state index is 6.46. The summed E-state index contributed by atoms with van der Waals surface area (Å²) in [4.78, 5) is 0. The Morgan fingerprint density at radius 3 is 2.50 bits per heavy atom. The fourth-order valence-electron chi connectivity index (χ4n) is 2.31. The molecular weight excluding hydrogens is 200 g/mol. The van der Waals surface area contributed by atoms with E-state index >= 15 is 0 Å². The molecule has 0 radical (unpaired) electrons. The fourth-order valence-corrected chi connectivity index (χ4v) is 2.31. The molecule has 0 aromatic rings. The Hall–Kier alpha value is -0.120. The van der Waals surface area contributed by atoms with E-state index in [-0.39, 0.29) is 11.0 Å². The van der Waals surface area contributed by atoms with Crippen molar-refractivity contribution in [3.05, 3.63) is 0 Å². The van der Waals surface area contributed by atoms with E-state index in [9.17, 15) is 0 Å². The van der Waals surface area contributed by atoms with Gasteiger partial charge in [-0.05, 0) is 26.7 Å². The maximum Gasteiger partial charge on any atom is 0.0662 e. The van der Waals surface area contributed by atoms with E-state index < -0.39 is 0 Å². The van der Waals surface area contributed by atoms with Gasteiger partial charge in [-0.3, -0.25) is 0 Å². The van der Waals surface area contributed by atoms with Gasteiger partial charge in [-0.25, -0.2) is 0 Å². The summed E-state index contributed by atoms with van der Waals surface area (Å²) in [7, 11) is 0. The number of ether oxygens (including phenoxy) is 1. The lowest BCUT2D eigenvalue weighted by molar-refractivity contribution is -0.148. The standard InChI is InChI=1S/C13H28N2O/c1-6-10(3)15-9-13(14)8-11(16-7-2)12(13,4)5/h10-11,15H,6-9,14H2,1-5H3. The molecule has 3 atom stereocenters. The molecule has 0 aromatic carbocycles. The van der Waals surface area contributed by atoms with Gasteiger partial charge in [-0.15, -0.1) is 0 Å². The van der Waals surface area contributed by atoms with Gasteiger partial charge in [0.2, 0.25) is 0 Å². The topological polar surface area (TPSA) is 47.3 Å². The summed E-state index contributed by atoms with van der Waals surface area (Å²) in [5.74, 6) is 0. The molecule has 0 heterocycles. The molecule has 0 aliphatic heterocycles. The quantitative estimate of drug-likeness (QED) is 0.730. The highest BCUT2D eigenvalue weighted by Crippen LogP contribution is 2.49. The summed E-state index contributed by atoms with van der Waals surface area (Å²) in [6.45, 7) is 12.5.